The van der Waals surface area contributed by atoms with E-state index in [2.05, 4.69) is 19.9 Å². The zero-order chi connectivity index (χ0) is 16.5. The number of hydrogen-bond donors (Lipinski definition) is 0. The van der Waals surface area contributed by atoms with Gasteiger partial charge in [-0.2, -0.15) is 0 Å². The first-order valence-corrected chi connectivity index (χ1v) is 7.58. The van der Waals surface area contributed by atoms with Gasteiger partial charge in [-0.15, -0.1) is 0 Å². The van der Waals surface area contributed by atoms with Crippen molar-refractivity contribution in [2.75, 3.05) is 0 Å². The Morgan fingerprint density at radius 3 is 0.760 bits per heavy atom. The van der Waals surface area contributed by atoms with Crippen molar-refractivity contribution in [3.8, 4) is 22.8 Å². The van der Waals surface area contributed by atoms with Gasteiger partial charge in [-0.3, -0.25) is 19.9 Å². The second kappa shape index (κ2) is 10.1. The average Bonchev–Trinajstić information content (AvgIpc) is 2.71. The van der Waals surface area contributed by atoms with Crippen LogP contribution in [-0.2, 0) is 16.8 Å². The van der Waals surface area contributed by atoms with Gasteiger partial charge in [0.25, 0.3) is 0 Å². The van der Waals surface area contributed by atoms with E-state index < -0.39 is 0 Å². The molecule has 0 N–H and O–H groups in total. The molecule has 4 aromatic rings. The molecule has 0 spiro atoms. The quantitative estimate of drug-likeness (QED) is 0.528. The van der Waals surface area contributed by atoms with Gasteiger partial charge in [-0.05, 0) is 48.5 Å². The summed E-state index contributed by atoms with van der Waals surface area (Å²) in [6.45, 7) is 0. The molecule has 0 saturated heterocycles. The summed E-state index contributed by atoms with van der Waals surface area (Å²) < 4.78 is 0. The van der Waals surface area contributed by atoms with E-state index in [4.69, 9.17) is 0 Å². The fraction of sp³-hybridized carbons (Fsp3) is 0. The van der Waals surface area contributed by atoms with Crippen molar-refractivity contribution in [1.82, 2.24) is 19.9 Å². The van der Waals surface area contributed by atoms with Crippen LogP contribution in [0.3, 0.4) is 0 Å². The number of aromatic nitrogens is 4. The summed E-state index contributed by atoms with van der Waals surface area (Å²) in [5, 5.41) is 0. The number of rotatable bonds is 2. The minimum absolute atomic E-state index is 0. The summed E-state index contributed by atoms with van der Waals surface area (Å²) in [5.41, 5.74) is 3.66. The Morgan fingerprint density at radius 2 is 0.600 bits per heavy atom. The predicted octanol–water partition coefficient (Wildman–Crippen LogP) is 4.28. The molecule has 25 heavy (non-hydrogen) atoms. The predicted molar refractivity (Wildman–Crippen MR) is 94.9 cm³/mol. The Bertz CT molecular complexity index is 692. The minimum Gasteiger partial charge on any atom is -0.255 e. The normalized spacial score (nSPS) is 9.28. The van der Waals surface area contributed by atoms with Crippen LogP contribution in [0.1, 0.15) is 0 Å². The van der Waals surface area contributed by atoms with E-state index in [0.717, 1.165) is 22.8 Å². The summed E-state index contributed by atoms with van der Waals surface area (Å²) >= 11 is 0. The third-order valence-electron chi connectivity index (χ3n) is 3.18. The zero-order valence-electron chi connectivity index (χ0n) is 13.4. The van der Waals surface area contributed by atoms with E-state index >= 15 is 0 Å². The number of hydrogen-bond acceptors (Lipinski definition) is 4. The van der Waals surface area contributed by atoms with E-state index in [1.807, 2.05) is 72.8 Å². The van der Waals surface area contributed by atoms with Crippen LogP contribution in [0.5, 0.6) is 0 Å². The first-order chi connectivity index (χ1) is 11.9. The Hall–Kier alpha value is -2.89. The van der Waals surface area contributed by atoms with Gasteiger partial charge in [0, 0.05) is 24.8 Å². The van der Waals surface area contributed by atoms with Crippen LogP contribution in [-0.4, -0.2) is 19.9 Å². The summed E-state index contributed by atoms with van der Waals surface area (Å²) in [5.74, 6) is 0. The standard InChI is InChI=1S/2C10H8N2.Co/c2*1-3-7-11-9(5-1)10-6-2-4-8-12-10;/h2*1-8H;/q;;+2. The van der Waals surface area contributed by atoms with Crippen LogP contribution < -0.4 is 0 Å². The topological polar surface area (TPSA) is 51.6 Å². The van der Waals surface area contributed by atoms with Gasteiger partial charge >= 0.3 is 16.8 Å². The van der Waals surface area contributed by atoms with Crippen LogP contribution in [0.15, 0.2) is 97.6 Å². The summed E-state index contributed by atoms with van der Waals surface area (Å²) in [7, 11) is 0. The Labute approximate surface area is 157 Å². The van der Waals surface area contributed by atoms with Crippen LogP contribution >= 0.6 is 0 Å². The molecule has 0 unspecified atom stereocenters. The molecule has 4 rings (SSSR count). The monoisotopic (exact) mass is 371 g/mol. The maximum atomic E-state index is 4.19. The molecule has 0 saturated carbocycles. The molecule has 4 nitrogen and oxygen atoms in total. The van der Waals surface area contributed by atoms with Gasteiger partial charge in [-0.25, -0.2) is 0 Å². The van der Waals surface area contributed by atoms with Crippen molar-refractivity contribution >= 4 is 0 Å². The van der Waals surface area contributed by atoms with E-state index in [0.29, 0.717) is 0 Å². The van der Waals surface area contributed by atoms with Crippen LogP contribution in [0, 0.1) is 0 Å². The molecule has 1 radical (unpaired) electrons. The van der Waals surface area contributed by atoms with E-state index in [1.54, 1.807) is 24.8 Å². The molecule has 0 amide bonds. The van der Waals surface area contributed by atoms with Gasteiger partial charge in [0.15, 0.2) is 0 Å². The first kappa shape index (κ1) is 18.4. The van der Waals surface area contributed by atoms with Crippen molar-refractivity contribution < 1.29 is 16.8 Å². The third-order valence-corrected chi connectivity index (χ3v) is 3.18. The minimum atomic E-state index is 0. The maximum Gasteiger partial charge on any atom is 2.00 e. The molecule has 0 aliphatic carbocycles. The van der Waals surface area contributed by atoms with Gasteiger partial charge in [-0.1, -0.05) is 24.3 Å². The second-order valence-corrected chi connectivity index (χ2v) is 4.86. The second-order valence-electron chi connectivity index (χ2n) is 4.86. The molecule has 0 aliphatic rings. The van der Waals surface area contributed by atoms with Gasteiger partial charge in [0.1, 0.15) is 0 Å². The molecule has 5 heteroatoms. The van der Waals surface area contributed by atoms with Crippen molar-refractivity contribution in [3.05, 3.63) is 97.6 Å². The Kier molecular flexibility index (Phi) is 7.43. The zero-order valence-corrected chi connectivity index (χ0v) is 14.4. The van der Waals surface area contributed by atoms with Crippen LogP contribution in [0.4, 0.5) is 0 Å². The van der Waals surface area contributed by atoms with Gasteiger partial charge in [0.05, 0.1) is 22.8 Å². The molecule has 0 fully saturated rings. The number of pyridine rings is 4. The Balaban J connectivity index is 0.000000173. The molecule has 0 atom stereocenters. The van der Waals surface area contributed by atoms with E-state index in [1.165, 1.54) is 0 Å². The maximum absolute atomic E-state index is 4.19. The summed E-state index contributed by atoms with van der Waals surface area (Å²) in [6, 6.07) is 23.2. The van der Waals surface area contributed by atoms with E-state index in [9.17, 15) is 0 Å². The first-order valence-electron chi connectivity index (χ1n) is 7.58. The molecule has 4 heterocycles. The number of nitrogens with zero attached hydrogens (tertiary/aromatic N) is 4. The molecule has 0 bridgehead atoms. The molecule has 4 aromatic heterocycles. The molecule has 0 aliphatic heterocycles. The van der Waals surface area contributed by atoms with Crippen molar-refractivity contribution in [1.29, 1.82) is 0 Å². The largest absolute Gasteiger partial charge is 2.00 e. The van der Waals surface area contributed by atoms with E-state index in [-0.39, 0.29) is 16.8 Å². The van der Waals surface area contributed by atoms with Crippen LogP contribution in [0.25, 0.3) is 22.8 Å². The average molecular weight is 371 g/mol. The Morgan fingerprint density at radius 1 is 0.360 bits per heavy atom. The van der Waals surface area contributed by atoms with Crippen molar-refractivity contribution in [2.24, 2.45) is 0 Å². The summed E-state index contributed by atoms with van der Waals surface area (Å²) in [4.78, 5) is 16.7. The smallest absolute Gasteiger partial charge is 0.255 e. The summed E-state index contributed by atoms with van der Waals surface area (Å²) in [6.07, 6.45) is 7.07. The molecular formula is C20H16CoN4+2. The fourth-order valence-electron chi connectivity index (χ4n) is 2.06. The fourth-order valence-corrected chi connectivity index (χ4v) is 2.06. The van der Waals surface area contributed by atoms with Crippen molar-refractivity contribution in [3.63, 3.8) is 0 Å². The third kappa shape index (κ3) is 5.60. The molecular weight excluding hydrogens is 355 g/mol. The SMILES string of the molecule is [Co+2].c1ccc(-c2ccccn2)nc1.c1ccc(-c2ccccn2)nc1. The molecule has 0 aromatic carbocycles. The van der Waals surface area contributed by atoms with Crippen molar-refractivity contribution in [2.45, 2.75) is 0 Å². The van der Waals surface area contributed by atoms with Gasteiger partial charge < -0.3 is 0 Å². The van der Waals surface area contributed by atoms with Crippen LogP contribution in [0.2, 0.25) is 0 Å². The van der Waals surface area contributed by atoms with Gasteiger partial charge in [0.2, 0.25) is 0 Å². The molecule has 123 valence electrons.